The van der Waals surface area contributed by atoms with Crippen LogP contribution < -0.4 is 20.7 Å². The second-order valence-corrected chi connectivity index (χ2v) is 8.11. The minimum Gasteiger partial charge on any atom is -0.442 e. The minimum absolute atomic E-state index is 0.0361. The monoisotopic (exact) mass is 478 g/mol. The fourth-order valence-corrected chi connectivity index (χ4v) is 3.13. The summed E-state index contributed by atoms with van der Waals surface area (Å²) in [6.07, 6.45) is -0.935. The van der Waals surface area contributed by atoms with Gasteiger partial charge in [0.25, 0.3) is 11.7 Å². The van der Waals surface area contributed by atoms with Gasteiger partial charge in [0, 0.05) is 10.8 Å². The molecular formula is C24H24N5O6+. The van der Waals surface area contributed by atoms with E-state index in [1.54, 1.807) is 62.4 Å². The summed E-state index contributed by atoms with van der Waals surface area (Å²) in [6, 6.07) is 18.8. The number of amides is 2. The zero-order chi connectivity index (χ0) is 25.4. The zero-order valence-electron chi connectivity index (χ0n) is 19.2. The standard InChI is InChI=1S/C24H23N5O6/c1-24(2,13-14-25)34-23(33)26-15-19(30)28(16-17-9-5-3-6-10-17)29-20(22(32)35-27-29)21(31)18-11-7-4-8-12-18/h3-12H,13,15-16H2,1-2H3,(H-,26,27,31,32,33)/p+1. The number of carbonyl (C=O) groups excluding carboxylic acids is 3. The molecule has 2 N–H and O–H groups in total. The second kappa shape index (κ2) is 10.9. The Morgan fingerprint density at radius 2 is 1.74 bits per heavy atom. The van der Waals surface area contributed by atoms with Crippen LogP contribution >= 0.6 is 0 Å². The van der Waals surface area contributed by atoms with Gasteiger partial charge in [0.05, 0.1) is 17.3 Å². The van der Waals surface area contributed by atoms with Crippen LogP contribution in [0.1, 0.15) is 41.9 Å². The lowest BCUT2D eigenvalue weighted by molar-refractivity contribution is -0.752. The minimum atomic E-state index is -1.05. The first-order valence-corrected chi connectivity index (χ1v) is 10.6. The summed E-state index contributed by atoms with van der Waals surface area (Å²) in [6.45, 7) is 2.55. The Hall–Kier alpha value is -4.72. The van der Waals surface area contributed by atoms with Gasteiger partial charge in [0.2, 0.25) is 0 Å². The molecule has 180 valence electrons. The van der Waals surface area contributed by atoms with Gasteiger partial charge in [-0.3, -0.25) is 14.1 Å². The molecular weight excluding hydrogens is 454 g/mol. The van der Waals surface area contributed by atoms with Crippen LogP contribution in [-0.4, -0.2) is 35.2 Å². The van der Waals surface area contributed by atoms with Gasteiger partial charge in [-0.2, -0.15) is 5.26 Å². The molecule has 2 amide bonds. The lowest BCUT2D eigenvalue weighted by atomic mass is 10.1. The third-order valence-electron chi connectivity index (χ3n) is 4.84. The molecule has 2 aromatic carbocycles. The Balaban J connectivity index is 1.88. The third kappa shape index (κ3) is 6.42. The molecule has 0 saturated heterocycles. The average molecular weight is 478 g/mol. The Morgan fingerprint density at radius 1 is 1.11 bits per heavy atom. The van der Waals surface area contributed by atoms with Gasteiger partial charge in [0.1, 0.15) is 18.7 Å². The maximum atomic E-state index is 13.2. The summed E-state index contributed by atoms with van der Waals surface area (Å²) in [4.78, 5) is 51.8. The van der Waals surface area contributed by atoms with Gasteiger partial charge >= 0.3 is 17.4 Å². The molecule has 11 nitrogen and oxygen atoms in total. The smallest absolute Gasteiger partial charge is 0.442 e. The average Bonchev–Trinajstić information content (AvgIpc) is 3.22. The third-order valence-corrected chi connectivity index (χ3v) is 4.84. The van der Waals surface area contributed by atoms with Crippen molar-refractivity contribution in [2.24, 2.45) is 0 Å². The van der Waals surface area contributed by atoms with Crippen LogP contribution in [0.15, 0.2) is 70.0 Å². The predicted octanol–water partition coefficient (Wildman–Crippen LogP) is 1.57. The van der Waals surface area contributed by atoms with E-state index >= 15 is 0 Å². The lowest BCUT2D eigenvalue weighted by Gasteiger charge is -2.22. The van der Waals surface area contributed by atoms with Crippen LogP contribution in [0.2, 0.25) is 0 Å². The second-order valence-electron chi connectivity index (χ2n) is 8.11. The van der Waals surface area contributed by atoms with Crippen molar-refractivity contribution in [1.82, 2.24) is 10.6 Å². The van der Waals surface area contributed by atoms with Crippen molar-refractivity contribution in [3.05, 3.63) is 87.9 Å². The Bertz CT molecular complexity index is 1290. The molecule has 0 aliphatic heterocycles. The molecule has 0 bridgehead atoms. The summed E-state index contributed by atoms with van der Waals surface area (Å²) in [5.74, 6) is -1.33. The van der Waals surface area contributed by atoms with E-state index in [9.17, 15) is 19.2 Å². The molecule has 35 heavy (non-hydrogen) atoms. The number of nitrogens with one attached hydrogen (secondary N) is 2. The van der Waals surface area contributed by atoms with Crippen molar-refractivity contribution in [3.8, 4) is 6.07 Å². The number of ether oxygens (including phenoxy) is 1. The molecule has 0 spiro atoms. The Kier molecular flexibility index (Phi) is 7.78. The van der Waals surface area contributed by atoms with E-state index in [0.717, 1.165) is 9.80 Å². The fraction of sp³-hybridized carbons (Fsp3) is 0.250. The first kappa shape index (κ1) is 24.9. The van der Waals surface area contributed by atoms with Crippen molar-refractivity contribution in [3.63, 3.8) is 0 Å². The van der Waals surface area contributed by atoms with Crippen LogP contribution in [-0.2, 0) is 16.1 Å². The number of nitrogens with zero attached hydrogens (tertiary/aromatic N) is 3. The SMILES string of the molecule is CC(C)(CC#N)OC(=O)NCC(=O)N(Cc1ccccc1)[n+]1[nH]oc(=O)c1C(=O)c1ccccc1. The van der Waals surface area contributed by atoms with E-state index in [1.807, 2.05) is 6.07 Å². The Morgan fingerprint density at radius 3 is 2.37 bits per heavy atom. The normalized spacial score (nSPS) is 10.8. The van der Waals surface area contributed by atoms with E-state index in [2.05, 4.69) is 10.6 Å². The van der Waals surface area contributed by atoms with E-state index in [-0.39, 0.29) is 18.5 Å². The molecule has 0 aliphatic carbocycles. The maximum Gasteiger partial charge on any atom is 0.442 e. The van der Waals surface area contributed by atoms with Gasteiger partial charge in [-0.05, 0) is 19.4 Å². The van der Waals surface area contributed by atoms with Gasteiger partial charge in [-0.15, -0.1) is 0 Å². The van der Waals surface area contributed by atoms with Crippen molar-refractivity contribution < 1.29 is 28.4 Å². The molecule has 1 aromatic heterocycles. The molecule has 0 radical (unpaired) electrons. The summed E-state index contributed by atoms with van der Waals surface area (Å²) in [5, 5.41) is 14.5. The van der Waals surface area contributed by atoms with Gasteiger partial charge in [-0.1, -0.05) is 65.7 Å². The maximum absolute atomic E-state index is 13.2. The van der Waals surface area contributed by atoms with E-state index in [4.69, 9.17) is 14.5 Å². The molecule has 0 unspecified atom stereocenters. The van der Waals surface area contributed by atoms with E-state index < -0.39 is 41.2 Å². The fourth-order valence-electron chi connectivity index (χ4n) is 3.13. The van der Waals surface area contributed by atoms with Gasteiger partial charge in [0.15, 0.2) is 0 Å². The van der Waals surface area contributed by atoms with Crippen molar-refractivity contribution >= 4 is 17.8 Å². The highest BCUT2D eigenvalue weighted by Gasteiger charge is 2.38. The highest BCUT2D eigenvalue weighted by atomic mass is 16.6. The number of carbonyl (C=O) groups is 3. The number of aromatic amines is 1. The number of H-pyrrole nitrogens is 1. The number of nitriles is 1. The summed E-state index contributed by atoms with van der Waals surface area (Å²) >= 11 is 0. The highest BCUT2D eigenvalue weighted by molar-refractivity contribution is 6.06. The first-order valence-electron chi connectivity index (χ1n) is 10.6. The van der Waals surface area contributed by atoms with Crippen LogP contribution in [0.4, 0.5) is 4.79 Å². The molecule has 3 rings (SSSR count). The first-order chi connectivity index (χ1) is 16.7. The van der Waals surface area contributed by atoms with Crippen molar-refractivity contribution in [2.75, 3.05) is 11.6 Å². The largest absolute Gasteiger partial charge is 0.442 e. The summed E-state index contributed by atoms with van der Waals surface area (Å²) in [5.41, 5.74) is -1.52. The summed E-state index contributed by atoms with van der Waals surface area (Å²) in [7, 11) is 0. The number of aromatic nitrogens is 2. The topological polar surface area (TPSA) is 149 Å². The highest BCUT2D eigenvalue weighted by Crippen LogP contribution is 2.13. The molecule has 1 heterocycles. The number of benzene rings is 2. The molecule has 3 aromatic rings. The zero-order valence-corrected chi connectivity index (χ0v) is 19.2. The van der Waals surface area contributed by atoms with Crippen LogP contribution in [0, 0.1) is 11.3 Å². The molecule has 0 aliphatic rings. The number of rotatable bonds is 9. The molecule has 0 fully saturated rings. The van der Waals surface area contributed by atoms with Gasteiger partial charge in [-0.25, -0.2) is 9.59 Å². The van der Waals surface area contributed by atoms with Crippen molar-refractivity contribution in [1.29, 1.82) is 5.26 Å². The lowest BCUT2D eigenvalue weighted by Crippen LogP contribution is -2.66. The predicted molar refractivity (Wildman–Crippen MR) is 122 cm³/mol. The van der Waals surface area contributed by atoms with Crippen LogP contribution in [0.3, 0.4) is 0 Å². The number of ketones is 1. The van der Waals surface area contributed by atoms with Gasteiger partial charge < -0.3 is 10.1 Å². The van der Waals surface area contributed by atoms with Crippen LogP contribution in [0.5, 0.6) is 0 Å². The quantitative estimate of drug-likeness (QED) is 0.350. The number of hydrogen-bond donors (Lipinski definition) is 2. The number of hydrogen-bond acceptors (Lipinski definition) is 7. The molecule has 0 saturated carbocycles. The Labute approximate surface area is 200 Å². The molecule has 0 atom stereocenters. The van der Waals surface area contributed by atoms with Crippen LogP contribution in [0.25, 0.3) is 0 Å². The van der Waals surface area contributed by atoms with Crippen molar-refractivity contribution in [2.45, 2.75) is 32.4 Å². The van der Waals surface area contributed by atoms with E-state index in [0.29, 0.717) is 5.56 Å². The van der Waals surface area contributed by atoms with E-state index in [1.165, 1.54) is 12.1 Å². The summed E-state index contributed by atoms with van der Waals surface area (Å²) < 4.78 is 10.0. The molecule has 11 heteroatoms. The number of alkyl carbamates (subject to hydrolysis) is 1.